The summed E-state index contributed by atoms with van der Waals surface area (Å²) in [5.74, 6) is 0.302. The van der Waals surface area contributed by atoms with Crippen molar-refractivity contribution in [3.8, 4) is 0 Å². The third-order valence-corrected chi connectivity index (χ3v) is 5.85. The molecule has 0 aromatic heterocycles. The fraction of sp³-hybridized carbons (Fsp3) is 0.611. The Morgan fingerprint density at radius 1 is 1.32 bits per heavy atom. The number of nitrogens with zero attached hydrogens (tertiary/aromatic N) is 1. The van der Waals surface area contributed by atoms with Gasteiger partial charge in [-0.25, -0.2) is 4.39 Å². The lowest BCUT2D eigenvalue weighted by Gasteiger charge is -2.37. The molecule has 1 N–H and O–H groups in total. The topological polar surface area (TPSA) is 32.3 Å². The van der Waals surface area contributed by atoms with E-state index in [1.165, 1.54) is 31.7 Å². The number of benzene rings is 1. The van der Waals surface area contributed by atoms with Crippen LogP contribution in [0.25, 0.3) is 0 Å². The van der Waals surface area contributed by atoms with E-state index in [0.717, 1.165) is 31.6 Å². The molecule has 22 heavy (non-hydrogen) atoms. The van der Waals surface area contributed by atoms with E-state index in [1.54, 1.807) is 12.1 Å². The summed E-state index contributed by atoms with van der Waals surface area (Å²) in [7, 11) is 0. The molecule has 2 unspecified atom stereocenters. The number of nitrogens with one attached hydrogen (secondary N) is 1. The Morgan fingerprint density at radius 3 is 2.91 bits per heavy atom. The van der Waals surface area contributed by atoms with Crippen molar-refractivity contribution in [2.45, 2.75) is 38.1 Å². The van der Waals surface area contributed by atoms with E-state index < -0.39 is 0 Å². The predicted molar refractivity (Wildman–Crippen MR) is 82.7 cm³/mol. The third kappa shape index (κ3) is 2.34. The van der Waals surface area contributed by atoms with E-state index in [2.05, 4.69) is 5.32 Å². The van der Waals surface area contributed by atoms with Crippen molar-refractivity contribution in [3.05, 3.63) is 35.6 Å². The Morgan fingerprint density at radius 2 is 2.14 bits per heavy atom. The van der Waals surface area contributed by atoms with E-state index in [4.69, 9.17) is 0 Å². The van der Waals surface area contributed by atoms with Crippen LogP contribution in [0, 0.1) is 17.2 Å². The summed E-state index contributed by atoms with van der Waals surface area (Å²) in [5, 5.41) is 3.34. The summed E-state index contributed by atoms with van der Waals surface area (Å²) in [6.07, 6.45) is 6.07. The normalized spacial score (nSPS) is 29.8. The smallest absolute Gasteiger partial charge is 0.226 e. The van der Waals surface area contributed by atoms with Crippen LogP contribution in [0.1, 0.15) is 43.7 Å². The Balaban J connectivity index is 1.55. The molecular formula is C18H23FN2O. The fourth-order valence-electron chi connectivity index (χ4n) is 4.51. The number of hydrogen-bond donors (Lipinski definition) is 1. The third-order valence-electron chi connectivity index (χ3n) is 5.85. The number of halogens is 1. The highest BCUT2D eigenvalue weighted by molar-refractivity contribution is 5.83. The number of carbonyl (C=O) groups excluding carboxylic acids is 1. The minimum atomic E-state index is -0.228. The van der Waals surface area contributed by atoms with Gasteiger partial charge in [-0.3, -0.25) is 4.79 Å². The van der Waals surface area contributed by atoms with Gasteiger partial charge in [0.2, 0.25) is 5.91 Å². The zero-order valence-corrected chi connectivity index (χ0v) is 12.9. The molecule has 2 atom stereocenters. The molecule has 1 saturated heterocycles. The van der Waals surface area contributed by atoms with Crippen molar-refractivity contribution in [2.75, 3.05) is 19.6 Å². The summed E-state index contributed by atoms with van der Waals surface area (Å²) in [6.45, 7) is 2.28. The van der Waals surface area contributed by atoms with Crippen LogP contribution in [-0.4, -0.2) is 30.4 Å². The van der Waals surface area contributed by atoms with Gasteiger partial charge in [-0.15, -0.1) is 0 Å². The van der Waals surface area contributed by atoms with Crippen LogP contribution >= 0.6 is 0 Å². The maximum absolute atomic E-state index is 13.5. The first-order valence-electron chi connectivity index (χ1n) is 8.46. The zero-order chi connectivity index (χ0) is 15.2. The first kappa shape index (κ1) is 14.2. The molecule has 1 amide bonds. The maximum atomic E-state index is 13.5. The second-order valence-corrected chi connectivity index (χ2v) is 7.13. The summed E-state index contributed by atoms with van der Waals surface area (Å²) < 4.78 is 13.5. The molecule has 1 aromatic rings. The molecule has 2 saturated carbocycles. The van der Waals surface area contributed by atoms with Gasteiger partial charge in [0, 0.05) is 25.6 Å². The average Bonchev–Trinajstić information content (AvgIpc) is 3.03. The van der Waals surface area contributed by atoms with E-state index >= 15 is 0 Å². The van der Waals surface area contributed by atoms with Crippen molar-refractivity contribution in [3.63, 3.8) is 0 Å². The first-order valence-corrected chi connectivity index (χ1v) is 8.46. The van der Waals surface area contributed by atoms with Crippen molar-refractivity contribution < 1.29 is 9.18 Å². The van der Waals surface area contributed by atoms with Crippen molar-refractivity contribution in [1.82, 2.24) is 10.2 Å². The van der Waals surface area contributed by atoms with E-state index in [0.29, 0.717) is 11.3 Å². The van der Waals surface area contributed by atoms with Gasteiger partial charge in [-0.05, 0) is 42.4 Å². The quantitative estimate of drug-likeness (QED) is 0.911. The molecule has 1 aliphatic heterocycles. The highest BCUT2D eigenvalue weighted by atomic mass is 19.1. The predicted octanol–water partition coefficient (Wildman–Crippen LogP) is 2.88. The highest BCUT2D eigenvalue weighted by Crippen LogP contribution is 2.63. The van der Waals surface area contributed by atoms with Crippen molar-refractivity contribution in [1.29, 1.82) is 0 Å². The summed E-state index contributed by atoms with van der Waals surface area (Å²) in [5.41, 5.74) is 1.23. The van der Waals surface area contributed by atoms with Crippen LogP contribution < -0.4 is 5.32 Å². The molecule has 3 fully saturated rings. The number of hydrogen-bond acceptors (Lipinski definition) is 2. The van der Waals surface area contributed by atoms with Gasteiger partial charge in [-0.1, -0.05) is 25.0 Å². The minimum absolute atomic E-state index is 0.0315. The molecule has 1 heterocycles. The van der Waals surface area contributed by atoms with E-state index in [-0.39, 0.29) is 17.8 Å². The van der Waals surface area contributed by atoms with Gasteiger partial charge >= 0.3 is 0 Å². The van der Waals surface area contributed by atoms with Crippen LogP contribution in [0.15, 0.2) is 24.3 Å². The van der Waals surface area contributed by atoms with Gasteiger partial charge in [0.15, 0.2) is 0 Å². The lowest BCUT2D eigenvalue weighted by molar-refractivity contribution is -0.136. The van der Waals surface area contributed by atoms with Crippen LogP contribution in [-0.2, 0) is 4.79 Å². The molecule has 1 spiro atoms. The Bertz CT molecular complexity index is 582. The second kappa shape index (κ2) is 5.34. The molecule has 0 bridgehead atoms. The molecule has 1 aromatic carbocycles. The molecule has 118 valence electrons. The zero-order valence-electron chi connectivity index (χ0n) is 12.9. The number of carbonyl (C=O) groups is 1. The number of rotatable bonds is 2. The lowest BCUT2D eigenvalue weighted by Crippen LogP contribution is -2.49. The average molecular weight is 302 g/mol. The molecule has 3 nitrogen and oxygen atoms in total. The van der Waals surface area contributed by atoms with Crippen LogP contribution in [0.2, 0.25) is 0 Å². The maximum Gasteiger partial charge on any atom is 0.226 e. The summed E-state index contributed by atoms with van der Waals surface area (Å²) in [4.78, 5) is 15.0. The van der Waals surface area contributed by atoms with Gasteiger partial charge in [-0.2, -0.15) is 0 Å². The second-order valence-electron chi connectivity index (χ2n) is 7.13. The number of piperazine rings is 1. The van der Waals surface area contributed by atoms with Crippen LogP contribution in [0.4, 0.5) is 4.39 Å². The monoisotopic (exact) mass is 302 g/mol. The van der Waals surface area contributed by atoms with E-state index in [9.17, 15) is 9.18 Å². The lowest BCUT2D eigenvalue weighted by atomic mass is 9.99. The molecule has 3 aliphatic rings. The molecule has 4 rings (SSSR count). The minimum Gasteiger partial charge on any atom is -0.333 e. The fourth-order valence-corrected chi connectivity index (χ4v) is 4.51. The Kier molecular flexibility index (Phi) is 3.44. The Hall–Kier alpha value is -1.42. The van der Waals surface area contributed by atoms with Gasteiger partial charge < -0.3 is 10.2 Å². The molecular weight excluding hydrogens is 279 g/mol. The molecule has 0 radical (unpaired) electrons. The highest BCUT2D eigenvalue weighted by Gasteiger charge is 2.59. The van der Waals surface area contributed by atoms with Crippen LogP contribution in [0.5, 0.6) is 0 Å². The molecule has 2 aliphatic carbocycles. The SMILES string of the molecule is O=C(C1CC12CCCC2)N1CCNCC1c1cccc(F)c1. The van der Waals surface area contributed by atoms with Crippen molar-refractivity contribution >= 4 is 5.91 Å². The summed E-state index contributed by atoms with van der Waals surface area (Å²) in [6, 6.07) is 6.66. The molecule has 4 heteroatoms. The van der Waals surface area contributed by atoms with Gasteiger partial charge in [0.25, 0.3) is 0 Å². The van der Waals surface area contributed by atoms with Crippen molar-refractivity contribution in [2.24, 2.45) is 11.3 Å². The van der Waals surface area contributed by atoms with E-state index in [1.807, 2.05) is 11.0 Å². The van der Waals surface area contributed by atoms with Gasteiger partial charge in [0.1, 0.15) is 5.82 Å². The van der Waals surface area contributed by atoms with Gasteiger partial charge in [0.05, 0.1) is 6.04 Å². The number of amides is 1. The Labute approximate surface area is 130 Å². The van der Waals surface area contributed by atoms with Crippen LogP contribution in [0.3, 0.4) is 0 Å². The standard InChI is InChI=1S/C18H23FN2O/c19-14-5-3-4-13(10-14)16-12-20-8-9-21(16)17(22)15-11-18(15)6-1-2-7-18/h3-5,10,15-16,20H,1-2,6-9,11-12H2. The largest absolute Gasteiger partial charge is 0.333 e. The first-order chi connectivity index (χ1) is 10.7. The summed E-state index contributed by atoms with van der Waals surface area (Å²) >= 11 is 0.